The minimum absolute atomic E-state index is 0.128. The fourth-order valence-corrected chi connectivity index (χ4v) is 4.22. The van der Waals surface area contributed by atoms with E-state index in [4.69, 9.17) is 9.47 Å². The molecule has 1 unspecified atom stereocenters. The van der Waals surface area contributed by atoms with Crippen LogP contribution < -0.4 is 9.47 Å². The molecule has 174 valence electrons. The first kappa shape index (κ1) is 23.5. The van der Waals surface area contributed by atoms with Gasteiger partial charge in [-0.1, -0.05) is 48.2 Å². The molecule has 0 saturated carbocycles. The van der Waals surface area contributed by atoms with E-state index in [1.165, 1.54) is 11.8 Å². The van der Waals surface area contributed by atoms with Gasteiger partial charge in [0.15, 0.2) is 22.5 Å². The molecule has 0 fully saturated rings. The number of ether oxygens (including phenoxy) is 2. The summed E-state index contributed by atoms with van der Waals surface area (Å²) in [6, 6.07) is 19.4. The number of thioether (sulfide) groups is 1. The zero-order chi connectivity index (χ0) is 23.8. The highest BCUT2D eigenvalue weighted by atomic mass is 32.2. The van der Waals surface area contributed by atoms with Gasteiger partial charge in [-0.15, -0.1) is 10.2 Å². The Morgan fingerprint density at radius 2 is 1.82 bits per heavy atom. The summed E-state index contributed by atoms with van der Waals surface area (Å²) in [6.45, 7) is 2.09. The van der Waals surface area contributed by atoms with Crippen LogP contribution in [0, 0.1) is 0 Å². The van der Waals surface area contributed by atoms with Gasteiger partial charge in [-0.25, -0.2) is 0 Å². The molecule has 0 saturated heterocycles. The largest absolute Gasteiger partial charge is 0.493 e. The summed E-state index contributed by atoms with van der Waals surface area (Å²) in [5.41, 5.74) is 2.88. The molecule has 8 heteroatoms. The van der Waals surface area contributed by atoms with Crippen molar-refractivity contribution in [2.45, 2.75) is 18.2 Å². The third-order valence-electron chi connectivity index (χ3n) is 4.97. The number of hydrogen-bond acceptors (Lipinski definition) is 7. The van der Waals surface area contributed by atoms with Crippen LogP contribution in [0.3, 0.4) is 0 Å². The number of hydrogen-bond donors (Lipinski definition) is 1. The lowest BCUT2D eigenvalue weighted by Gasteiger charge is -2.15. The highest BCUT2D eigenvalue weighted by Gasteiger charge is 2.18. The predicted molar refractivity (Wildman–Crippen MR) is 135 cm³/mol. The van der Waals surface area contributed by atoms with Crippen LogP contribution in [0.5, 0.6) is 11.5 Å². The molecule has 0 bridgehead atoms. The number of aliphatic hydroxyl groups excluding tert-OH is 1. The van der Waals surface area contributed by atoms with Crippen LogP contribution in [0.1, 0.15) is 12.5 Å². The zero-order valence-electron chi connectivity index (χ0n) is 19.0. The van der Waals surface area contributed by atoms with Gasteiger partial charge < -0.3 is 14.6 Å². The predicted octanol–water partition coefficient (Wildman–Crippen LogP) is 4.90. The summed E-state index contributed by atoms with van der Waals surface area (Å²) >= 11 is 1.42. The number of pyridine rings is 1. The van der Waals surface area contributed by atoms with Gasteiger partial charge in [-0.2, -0.15) is 0 Å². The maximum absolute atomic E-state index is 10.6. The fraction of sp³-hybridized carbons (Fsp3) is 0.192. The molecule has 0 aliphatic heterocycles. The van der Waals surface area contributed by atoms with Crippen LogP contribution in [-0.4, -0.2) is 50.4 Å². The number of aromatic nitrogens is 4. The fourth-order valence-electron chi connectivity index (χ4n) is 3.37. The number of allylic oxidation sites excluding steroid dienone is 1. The van der Waals surface area contributed by atoms with Crippen molar-refractivity contribution in [1.29, 1.82) is 0 Å². The lowest BCUT2D eigenvalue weighted by atomic mass is 10.2. The maximum Gasteiger partial charge on any atom is 0.196 e. The summed E-state index contributed by atoms with van der Waals surface area (Å²) in [5.74, 6) is 2.32. The Hall–Kier alpha value is -3.62. The third-order valence-corrected chi connectivity index (χ3v) is 6.04. The standard InChI is InChI=1S/C26H26N4O3S/c1-3-7-19-10-11-23(24(16-19)32-2)33-17-22(31)18-34-26-29-28-25(20-12-14-27-15-13-20)30(26)21-8-5-4-6-9-21/h3-16,22,31H,17-18H2,1-2H3/b7-3+. The van der Waals surface area contributed by atoms with Gasteiger partial charge in [0.25, 0.3) is 0 Å². The molecule has 1 N–H and O–H groups in total. The quantitative estimate of drug-likeness (QED) is 0.327. The molecule has 2 aromatic carbocycles. The molecule has 0 aliphatic rings. The first-order valence-corrected chi connectivity index (χ1v) is 11.8. The van der Waals surface area contributed by atoms with Crippen molar-refractivity contribution in [1.82, 2.24) is 19.7 Å². The first-order valence-electron chi connectivity index (χ1n) is 10.8. The summed E-state index contributed by atoms with van der Waals surface area (Å²) < 4.78 is 13.3. The van der Waals surface area contributed by atoms with E-state index in [0.29, 0.717) is 28.2 Å². The average molecular weight is 475 g/mol. The monoisotopic (exact) mass is 474 g/mol. The summed E-state index contributed by atoms with van der Waals surface area (Å²) in [5, 5.41) is 20.1. The molecule has 2 aromatic heterocycles. The van der Waals surface area contributed by atoms with Crippen LogP contribution in [-0.2, 0) is 0 Å². The van der Waals surface area contributed by atoms with Gasteiger partial charge in [0.1, 0.15) is 6.61 Å². The van der Waals surface area contributed by atoms with Crippen molar-refractivity contribution in [3.63, 3.8) is 0 Å². The molecule has 0 amide bonds. The van der Waals surface area contributed by atoms with E-state index in [-0.39, 0.29) is 6.61 Å². The van der Waals surface area contributed by atoms with E-state index < -0.39 is 6.10 Å². The van der Waals surface area contributed by atoms with Crippen molar-refractivity contribution >= 4 is 17.8 Å². The summed E-state index contributed by atoms with van der Waals surface area (Å²) in [4.78, 5) is 4.09. The molecule has 34 heavy (non-hydrogen) atoms. The Bertz CT molecular complexity index is 1230. The number of para-hydroxylation sites is 1. The minimum atomic E-state index is -0.713. The number of methoxy groups -OCH3 is 1. The molecule has 2 heterocycles. The Labute approximate surface area is 203 Å². The van der Waals surface area contributed by atoms with Crippen LogP contribution in [0.25, 0.3) is 23.2 Å². The van der Waals surface area contributed by atoms with Crippen molar-refractivity contribution in [2.75, 3.05) is 19.5 Å². The molecule has 4 aromatic rings. The normalized spacial score (nSPS) is 12.1. The number of nitrogens with zero attached hydrogens (tertiary/aromatic N) is 4. The SMILES string of the molecule is C/C=C/c1ccc(OCC(O)CSc2nnc(-c3ccncc3)n2-c2ccccc2)c(OC)c1. The molecule has 0 radical (unpaired) electrons. The smallest absolute Gasteiger partial charge is 0.196 e. The Morgan fingerprint density at radius 1 is 1.03 bits per heavy atom. The van der Waals surface area contributed by atoms with Gasteiger partial charge in [-0.3, -0.25) is 9.55 Å². The van der Waals surface area contributed by atoms with E-state index in [1.54, 1.807) is 19.5 Å². The zero-order valence-corrected chi connectivity index (χ0v) is 19.9. The summed E-state index contributed by atoms with van der Waals surface area (Å²) in [7, 11) is 1.60. The highest BCUT2D eigenvalue weighted by molar-refractivity contribution is 7.99. The van der Waals surface area contributed by atoms with E-state index in [2.05, 4.69) is 15.2 Å². The Balaban J connectivity index is 1.46. The van der Waals surface area contributed by atoms with Gasteiger partial charge >= 0.3 is 0 Å². The number of rotatable bonds is 10. The van der Waals surface area contributed by atoms with Gasteiger partial charge in [0, 0.05) is 29.4 Å². The van der Waals surface area contributed by atoms with Crippen LogP contribution in [0.15, 0.2) is 84.3 Å². The van der Waals surface area contributed by atoms with Gasteiger partial charge in [-0.05, 0) is 48.9 Å². The van der Waals surface area contributed by atoms with Crippen LogP contribution >= 0.6 is 11.8 Å². The lowest BCUT2D eigenvalue weighted by Crippen LogP contribution is -2.20. The molecular weight excluding hydrogens is 448 g/mol. The Morgan fingerprint density at radius 3 is 2.56 bits per heavy atom. The maximum atomic E-state index is 10.6. The molecular formula is C26H26N4O3S. The van der Waals surface area contributed by atoms with E-state index in [1.807, 2.05) is 84.3 Å². The highest BCUT2D eigenvalue weighted by Crippen LogP contribution is 2.30. The van der Waals surface area contributed by atoms with Crippen molar-refractivity contribution in [2.24, 2.45) is 0 Å². The van der Waals surface area contributed by atoms with Gasteiger partial charge in [0.2, 0.25) is 0 Å². The second kappa shape index (κ2) is 11.5. The first-order chi connectivity index (χ1) is 16.7. The molecule has 0 aliphatic carbocycles. The molecule has 7 nitrogen and oxygen atoms in total. The van der Waals surface area contributed by atoms with Crippen molar-refractivity contribution < 1.29 is 14.6 Å². The lowest BCUT2D eigenvalue weighted by molar-refractivity contribution is 0.124. The Kier molecular flexibility index (Phi) is 7.95. The molecule has 0 spiro atoms. The van der Waals surface area contributed by atoms with E-state index in [0.717, 1.165) is 16.8 Å². The number of benzene rings is 2. The van der Waals surface area contributed by atoms with Crippen molar-refractivity contribution in [3.8, 4) is 28.6 Å². The van der Waals surface area contributed by atoms with Crippen LogP contribution in [0.2, 0.25) is 0 Å². The van der Waals surface area contributed by atoms with Gasteiger partial charge in [0.05, 0.1) is 13.2 Å². The summed E-state index contributed by atoms with van der Waals surface area (Å²) in [6.07, 6.45) is 6.69. The van der Waals surface area contributed by atoms with Crippen molar-refractivity contribution in [3.05, 3.63) is 84.7 Å². The molecule has 1 atom stereocenters. The van der Waals surface area contributed by atoms with E-state index in [9.17, 15) is 5.11 Å². The van der Waals surface area contributed by atoms with E-state index >= 15 is 0 Å². The number of aliphatic hydroxyl groups is 1. The average Bonchev–Trinajstić information content (AvgIpc) is 3.32. The third kappa shape index (κ3) is 5.65. The van der Waals surface area contributed by atoms with Crippen LogP contribution in [0.4, 0.5) is 0 Å². The second-order valence-corrected chi connectivity index (χ2v) is 8.39. The second-order valence-electron chi connectivity index (χ2n) is 7.40. The molecule has 4 rings (SSSR count). The topological polar surface area (TPSA) is 82.3 Å². The minimum Gasteiger partial charge on any atom is -0.493 e.